The number of aromatic nitrogens is 4. The third-order valence-corrected chi connectivity index (χ3v) is 6.21. The van der Waals surface area contributed by atoms with Crippen molar-refractivity contribution in [2.75, 3.05) is 20.2 Å². The molecule has 2 aromatic heterocycles. The molecule has 1 saturated heterocycles. The van der Waals surface area contributed by atoms with Crippen molar-refractivity contribution in [2.24, 2.45) is 0 Å². The zero-order valence-electron chi connectivity index (χ0n) is 16.5. The summed E-state index contributed by atoms with van der Waals surface area (Å²) in [5.74, 6) is 2.36. The topological polar surface area (TPSA) is 56.1 Å². The van der Waals surface area contributed by atoms with Crippen LogP contribution in [0.3, 0.4) is 0 Å². The molecule has 0 saturated carbocycles. The number of hydrogen-bond donors (Lipinski definition) is 0. The molecule has 2 atom stereocenters. The Kier molecular flexibility index (Phi) is 5.08. The molecule has 0 bridgehead atoms. The molecule has 0 N–H and O–H groups in total. The summed E-state index contributed by atoms with van der Waals surface area (Å²) in [5.41, 5.74) is 3.43. The lowest BCUT2D eigenvalue weighted by molar-refractivity contribution is 0.103. The van der Waals surface area contributed by atoms with Crippen molar-refractivity contribution in [1.29, 1.82) is 0 Å². The highest BCUT2D eigenvalue weighted by Gasteiger charge is 2.32. The van der Waals surface area contributed by atoms with Gasteiger partial charge in [0.2, 0.25) is 0 Å². The standard InChI is InChI=1S/C22H24ClN5O/c1-29-19-11-16-10-17(23)5-6-20(16)28-21(12-19)25-26-22(28)15-7-9-27(13-15)14-18-4-2-3-8-24-18/h2-6,8,10,15,19H,7,9,11-14H2,1H3/t15-,19?/m0/s1. The van der Waals surface area contributed by atoms with E-state index in [4.69, 9.17) is 16.3 Å². The largest absolute Gasteiger partial charge is 0.381 e. The lowest BCUT2D eigenvalue weighted by Crippen LogP contribution is -2.21. The van der Waals surface area contributed by atoms with Gasteiger partial charge >= 0.3 is 0 Å². The van der Waals surface area contributed by atoms with Crippen molar-refractivity contribution in [1.82, 2.24) is 24.6 Å². The van der Waals surface area contributed by atoms with Gasteiger partial charge in [-0.15, -0.1) is 10.2 Å². The normalized spacial score (nSPS) is 21.6. The van der Waals surface area contributed by atoms with E-state index in [0.29, 0.717) is 5.92 Å². The van der Waals surface area contributed by atoms with E-state index in [1.807, 2.05) is 30.5 Å². The monoisotopic (exact) mass is 409 g/mol. The molecule has 4 heterocycles. The van der Waals surface area contributed by atoms with Crippen LogP contribution in [-0.2, 0) is 24.1 Å². The van der Waals surface area contributed by atoms with Crippen LogP contribution in [-0.4, -0.2) is 51.0 Å². The van der Waals surface area contributed by atoms with Crippen molar-refractivity contribution < 1.29 is 4.74 Å². The zero-order valence-corrected chi connectivity index (χ0v) is 17.2. The van der Waals surface area contributed by atoms with E-state index in [1.54, 1.807) is 7.11 Å². The molecule has 1 fully saturated rings. The van der Waals surface area contributed by atoms with E-state index < -0.39 is 0 Å². The van der Waals surface area contributed by atoms with E-state index in [-0.39, 0.29) is 6.10 Å². The molecule has 0 aliphatic carbocycles. The third kappa shape index (κ3) is 3.68. The fourth-order valence-corrected chi connectivity index (χ4v) is 4.72. The highest BCUT2D eigenvalue weighted by molar-refractivity contribution is 6.30. The summed E-state index contributed by atoms with van der Waals surface area (Å²) in [6, 6.07) is 12.2. The predicted molar refractivity (Wildman–Crippen MR) is 111 cm³/mol. The Morgan fingerprint density at radius 3 is 2.93 bits per heavy atom. The predicted octanol–water partition coefficient (Wildman–Crippen LogP) is 3.42. The van der Waals surface area contributed by atoms with Gasteiger partial charge < -0.3 is 4.74 Å². The van der Waals surface area contributed by atoms with Gasteiger partial charge in [-0.2, -0.15) is 0 Å². The number of nitrogens with zero attached hydrogens (tertiary/aromatic N) is 5. The zero-order chi connectivity index (χ0) is 19.8. The van der Waals surface area contributed by atoms with Crippen LogP contribution in [0.2, 0.25) is 5.02 Å². The minimum Gasteiger partial charge on any atom is -0.381 e. The minimum absolute atomic E-state index is 0.0785. The number of fused-ring (bicyclic) bond motifs is 3. The van der Waals surface area contributed by atoms with Gasteiger partial charge in [0.15, 0.2) is 0 Å². The van der Waals surface area contributed by atoms with E-state index in [2.05, 4.69) is 36.8 Å². The van der Waals surface area contributed by atoms with Crippen molar-refractivity contribution in [2.45, 2.75) is 37.8 Å². The number of likely N-dealkylation sites (tertiary alicyclic amines) is 1. The maximum Gasteiger partial charge on any atom is 0.142 e. The van der Waals surface area contributed by atoms with Crippen LogP contribution in [0.4, 0.5) is 0 Å². The van der Waals surface area contributed by atoms with Gasteiger partial charge in [0.1, 0.15) is 11.6 Å². The van der Waals surface area contributed by atoms with Crippen molar-refractivity contribution >= 4 is 11.6 Å². The molecule has 1 aromatic carbocycles. The SMILES string of the molecule is COC1Cc2cc(Cl)ccc2-n2c(nnc2[C@H]2CCN(Cc3ccccn3)C2)C1. The number of methoxy groups -OCH3 is 1. The van der Waals surface area contributed by atoms with E-state index in [1.165, 1.54) is 5.56 Å². The van der Waals surface area contributed by atoms with Crippen molar-refractivity contribution in [3.05, 3.63) is 70.5 Å². The first-order valence-corrected chi connectivity index (χ1v) is 10.5. The molecule has 29 heavy (non-hydrogen) atoms. The molecule has 0 radical (unpaired) electrons. The van der Waals surface area contributed by atoms with E-state index in [0.717, 1.165) is 66.9 Å². The molecular weight excluding hydrogens is 386 g/mol. The Morgan fingerprint density at radius 2 is 2.10 bits per heavy atom. The van der Waals surface area contributed by atoms with Crippen molar-refractivity contribution in [3.63, 3.8) is 0 Å². The quantitative estimate of drug-likeness (QED) is 0.660. The second-order valence-corrected chi connectivity index (χ2v) is 8.33. The number of benzene rings is 1. The Labute approximate surface area is 175 Å². The van der Waals surface area contributed by atoms with Crippen LogP contribution in [0.5, 0.6) is 0 Å². The van der Waals surface area contributed by atoms with Gasteiger partial charge in [-0.1, -0.05) is 17.7 Å². The van der Waals surface area contributed by atoms with Gasteiger partial charge in [0.25, 0.3) is 0 Å². The van der Waals surface area contributed by atoms with E-state index >= 15 is 0 Å². The van der Waals surface area contributed by atoms with Gasteiger partial charge in [-0.05, 0) is 48.9 Å². The molecule has 6 nitrogen and oxygen atoms in total. The second kappa shape index (κ2) is 7.86. The third-order valence-electron chi connectivity index (χ3n) is 5.98. The maximum atomic E-state index is 6.29. The molecule has 2 aliphatic heterocycles. The molecule has 7 heteroatoms. The van der Waals surface area contributed by atoms with Crippen LogP contribution in [0, 0.1) is 0 Å². The molecule has 0 spiro atoms. The van der Waals surface area contributed by atoms with Gasteiger partial charge in [-0.25, -0.2) is 0 Å². The molecule has 150 valence electrons. The number of halogens is 1. The summed E-state index contributed by atoms with van der Waals surface area (Å²) in [6.45, 7) is 2.87. The lowest BCUT2D eigenvalue weighted by Gasteiger charge is -2.17. The molecule has 1 unspecified atom stereocenters. The molecule has 0 amide bonds. The Bertz CT molecular complexity index is 1010. The number of pyridine rings is 1. The van der Waals surface area contributed by atoms with Gasteiger partial charge in [-0.3, -0.25) is 14.5 Å². The van der Waals surface area contributed by atoms with Crippen LogP contribution in [0.1, 0.15) is 35.2 Å². The minimum atomic E-state index is 0.0785. The van der Waals surface area contributed by atoms with Crippen LogP contribution >= 0.6 is 11.6 Å². The first-order chi connectivity index (χ1) is 14.2. The highest BCUT2D eigenvalue weighted by Crippen LogP contribution is 2.33. The number of rotatable bonds is 4. The average Bonchev–Trinajstić information content (AvgIpc) is 3.32. The molecule has 3 aromatic rings. The fraction of sp³-hybridized carbons (Fsp3) is 0.409. The van der Waals surface area contributed by atoms with Crippen molar-refractivity contribution in [3.8, 4) is 5.69 Å². The first kappa shape index (κ1) is 18.7. The average molecular weight is 410 g/mol. The highest BCUT2D eigenvalue weighted by atomic mass is 35.5. The summed E-state index contributed by atoms with van der Waals surface area (Å²) >= 11 is 6.29. The van der Waals surface area contributed by atoms with Crippen LogP contribution in [0.15, 0.2) is 42.6 Å². The van der Waals surface area contributed by atoms with Crippen LogP contribution < -0.4 is 0 Å². The Hall–Kier alpha value is -2.28. The summed E-state index contributed by atoms with van der Waals surface area (Å²) in [5, 5.41) is 9.94. The number of ether oxygens (including phenoxy) is 1. The van der Waals surface area contributed by atoms with Gasteiger partial charge in [0.05, 0.1) is 17.5 Å². The summed E-state index contributed by atoms with van der Waals surface area (Å²) < 4.78 is 7.95. The molecule has 5 rings (SSSR count). The second-order valence-electron chi connectivity index (χ2n) is 7.89. The smallest absolute Gasteiger partial charge is 0.142 e. The lowest BCUT2D eigenvalue weighted by atomic mass is 10.0. The van der Waals surface area contributed by atoms with E-state index in [9.17, 15) is 0 Å². The Morgan fingerprint density at radius 1 is 1.17 bits per heavy atom. The Balaban J connectivity index is 1.45. The number of hydrogen-bond acceptors (Lipinski definition) is 5. The summed E-state index contributed by atoms with van der Waals surface area (Å²) in [7, 11) is 1.76. The van der Waals surface area contributed by atoms with Crippen LogP contribution in [0.25, 0.3) is 5.69 Å². The molecular formula is C22H24ClN5O. The molecule has 2 aliphatic rings. The fourth-order valence-electron chi connectivity index (χ4n) is 4.52. The first-order valence-electron chi connectivity index (χ1n) is 10.1. The maximum absolute atomic E-state index is 6.29. The van der Waals surface area contributed by atoms with Gasteiger partial charge in [0, 0.05) is 50.2 Å². The summed E-state index contributed by atoms with van der Waals surface area (Å²) in [4.78, 5) is 6.92. The summed E-state index contributed by atoms with van der Waals surface area (Å²) in [6.07, 6.45) is 4.58.